The van der Waals surface area contributed by atoms with Gasteiger partial charge in [-0.2, -0.15) is 0 Å². The molecule has 3 rings (SSSR count). The minimum atomic E-state index is -1.24. The molecule has 0 bridgehead atoms. The number of hydrogen-bond donors (Lipinski definition) is 3. The van der Waals surface area contributed by atoms with Crippen molar-refractivity contribution < 1.29 is 19.4 Å². The monoisotopic (exact) mass is 459 g/mol. The van der Waals surface area contributed by atoms with Gasteiger partial charge in [0, 0.05) is 24.7 Å². The first-order valence-corrected chi connectivity index (χ1v) is 11.1. The number of aromatic nitrogens is 1. The third-order valence-electron chi connectivity index (χ3n) is 5.30. The lowest BCUT2D eigenvalue weighted by Crippen LogP contribution is -2.50. The second-order valence-electron chi connectivity index (χ2n) is 7.81. The third-order valence-corrected chi connectivity index (χ3v) is 5.30. The highest BCUT2D eigenvalue weighted by molar-refractivity contribution is 5.86. The van der Waals surface area contributed by atoms with E-state index in [4.69, 9.17) is 4.74 Å². The Hall–Kier alpha value is -4.13. The van der Waals surface area contributed by atoms with Crippen molar-refractivity contribution in [1.29, 1.82) is 0 Å². The van der Waals surface area contributed by atoms with Gasteiger partial charge in [0.25, 0.3) is 0 Å². The lowest BCUT2D eigenvalue weighted by Gasteiger charge is -2.21. The summed E-state index contributed by atoms with van der Waals surface area (Å²) in [5, 5.41) is 14.6. The summed E-state index contributed by atoms with van der Waals surface area (Å²) in [5.41, 5.74) is 2.72. The molecule has 2 aromatic carbocycles. The number of pyridine rings is 1. The van der Waals surface area contributed by atoms with Crippen molar-refractivity contribution in [2.24, 2.45) is 0 Å². The van der Waals surface area contributed by atoms with E-state index in [0.717, 1.165) is 17.5 Å². The summed E-state index contributed by atoms with van der Waals surface area (Å²) in [6.45, 7) is 0. The molecule has 7 heteroatoms. The van der Waals surface area contributed by atoms with E-state index in [9.17, 15) is 14.7 Å². The highest BCUT2D eigenvalue weighted by Crippen LogP contribution is 2.13. The standard InChI is InChI=1S/C27H29N3O4/c1-34-24-16-17-28-23(19-24)15-14-22(13-12-20-8-4-2-5-9-20)29-26(31)25(30-27(32)33)18-21-10-6-3-7-11-21/h2-11,14-17,19,22,25,30H,12-13,18H2,1H3,(H,29,31)(H,32,33)/b15-14+. The minimum Gasteiger partial charge on any atom is -0.497 e. The third kappa shape index (κ3) is 8.09. The van der Waals surface area contributed by atoms with Gasteiger partial charge in [0.1, 0.15) is 11.8 Å². The second-order valence-corrected chi connectivity index (χ2v) is 7.81. The normalized spacial score (nSPS) is 12.6. The molecule has 2 unspecified atom stereocenters. The van der Waals surface area contributed by atoms with Gasteiger partial charge in [0.2, 0.25) is 5.91 Å². The molecule has 0 fully saturated rings. The molecule has 0 saturated carbocycles. The molecule has 176 valence electrons. The van der Waals surface area contributed by atoms with Crippen LogP contribution in [0.2, 0.25) is 0 Å². The first kappa shape index (κ1) is 24.5. The molecule has 0 aliphatic heterocycles. The molecule has 0 aliphatic rings. The summed E-state index contributed by atoms with van der Waals surface area (Å²) in [4.78, 5) is 28.8. The lowest BCUT2D eigenvalue weighted by atomic mass is 10.0. The van der Waals surface area contributed by atoms with Gasteiger partial charge in [-0.05, 0) is 36.1 Å². The maximum Gasteiger partial charge on any atom is 0.405 e. The molecular weight excluding hydrogens is 430 g/mol. The number of hydrogen-bond acceptors (Lipinski definition) is 4. The average molecular weight is 460 g/mol. The highest BCUT2D eigenvalue weighted by Gasteiger charge is 2.23. The Labute approximate surface area is 199 Å². The van der Waals surface area contributed by atoms with Gasteiger partial charge in [0.05, 0.1) is 12.8 Å². The van der Waals surface area contributed by atoms with Gasteiger partial charge in [-0.1, -0.05) is 66.7 Å². The minimum absolute atomic E-state index is 0.255. The summed E-state index contributed by atoms with van der Waals surface area (Å²) >= 11 is 0. The largest absolute Gasteiger partial charge is 0.497 e. The SMILES string of the molecule is COc1ccnc(/C=C/C(CCc2ccccc2)NC(=O)C(Cc2ccccc2)NC(=O)O)c1. The lowest BCUT2D eigenvalue weighted by molar-refractivity contribution is -0.123. The molecule has 0 aliphatic carbocycles. The molecule has 3 aromatic rings. The molecule has 34 heavy (non-hydrogen) atoms. The predicted octanol–water partition coefficient (Wildman–Crippen LogP) is 4.10. The zero-order valence-corrected chi connectivity index (χ0v) is 19.1. The quantitative estimate of drug-likeness (QED) is 0.401. The van der Waals surface area contributed by atoms with Crippen molar-refractivity contribution >= 4 is 18.1 Å². The number of carbonyl (C=O) groups excluding carboxylic acids is 1. The van der Waals surface area contributed by atoms with Crippen molar-refractivity contribution in [2.75, 3.05) is 7.11 Å². The molecule has 2 amide bonds. The van der Waals surface area contributed by atoms with Crippen LogP contribution in [0.1, 0.15) is 23.2 Å². The van der Waals surface area contributed by atoms with Crippen LogP contribution in [0.25, 0.3) is 6.08 Å². The molecule has 7 nitrogen and oxygen atoms in total. The number of amides is 2. The van der Waals surface area contributed by atoms with Gasteiger partial charge in [-0.15, -0.1) is 0 Å². The number of carbonyl (C=O) groups is 2. The van der Waals surface area contributed by atoms with Crippen LogP contribution >= 0.6 is 0 Å². The number of carboxylic acid groups (broad SMARTS) is 1. The fourth-order valence-corrected chi connectivity index (χ4v) is 3.54. The molecule has 2 atom stereocenters. The van der Waals surface area contributed by atoms with E-state index in [2.05, 4.69) is 15.6 Å². The van der Waals surface area contributed by atoms with E-state index in [-0.39, 0.29) is 18.4 Å². The van der Waals surface area contributed by atoms with E-state index in [0.29, 0.717) is 17.9 Å². The Kier molecular flexibility index (Phi) is 9.22. The predicted molar refractivity (Wildman–Crippen MR) is 132 cm³/mol. The zero-order chi connectivity index (χ0) is 24.2. The molecular formula is C27H29N3O4. The molecule has 0 spiro atoms. The fraction of sp³-hybridized carbons (Fsp3) is 0.222. The maximum atomic E-state index is 13.1. The first-order valence-electron chi connectivity index (χ1n) is 11.1. The fourth-order valence-electron chi connectivity index (χ4n) is 3.54. The van der Waals surface area contributed by atoms with Crippen molar-refractivity contribution in [1.82, 2.24) is 15.6 Å². The number of benzene rings is 2. The van der Waals surface area contributed by atoms with E-state index < -0.39 is 12.1 Å². The van der Waals surface area contributed by atoms with Crippen LogP contribution in [0.5, 0.6) is 5.75 Å². The number of ether oxygens (including phenoxy) is 1. The van der Waals surface area contributed by atoms with Crippen LogP contribution in [0.4, 0.5) is 4.79 Å². The maximum absolute atomic E-state index is 13.1. The Morgan fingerprint density at radius 2 is 1.68 bits per heavy atom. The van der Waals surface area contributed by atoms with Crippen molar-refractivity contribution in [3.05, 3.63) is 102 Å². The first-order chi connectivity index (χ1) is 16.5. The van der Waals surface area contributed by atoms with E-state index in [1.165, 1.54) is 0 Å². The molecule has 0 radical (unpaired) electrons. The molecule has 1 aromatic heterocycles. The number of aryl methyl sites for hydroxylation is 1. The Bertz CT molecular complexity index is 1090. The van der Waals surface area contributed by atoms with Crippen LogP contribution in [-0.4, -0.2) is 41.3 Å². The molecule has 1 heterocycles. The van der Waals surface area contributed by atoms with Crippen molar-refractivity contribution in [3.63, 3.8) is 0 Å². The topological polar surface area (TPSA) is 101 Å². The summed E-state index contributed by atoms with van der Waals surface area (Å²) in [6, 6.07) is 21.6. The number of rotatable bonds is 11. The number of methoxy groups -OCH3 is 1. The molecule has 0 saturated heterocycles. The average Bonchev–Trinajstić information content (AvgIpc) is 2.86. The van der Waals surface area contributed by atoms with Crippen LogP contribution in [0, 0.1) is 0 Å². The number of nitrogens with zero attached hydrogens (tertiary/aromatic N) is 1. The van der Waals surface area contributed by atoms with Gasteiger partial charge < -0.3 is 20.5 Å². The van der Waals surface area contributed by atoms with Crippen molar-refractivity contribution in [2.45, 2.75) is 31.3 Å². The van der Waals surface area contributed by atoms with E-state index in [1.54, 1.807) is 25.4 Å². The van der Waals surface area contributed by atoms with Crippen LogP contribution < -0.4 is 15.4 Å². The summed E-state index contributed by atoms with van der Waals surface area (Å²) in [7, 11) is 1.59. The van der Waals surface area contributed by atoms with Crippen LogP contribution in [0.3, 0.4) is 0 Å². The second kappa shape index (κ2) is 12.8. The Morgan fingerprint density at radius 1 is 1.00 bits per heavy atom. The summed E-state index contributed by atoms with van der Waals surface area (Å²) < 4.78 is 5.25. The molecule has 3 N–H and O–H groups in total. The van der Waals surface area contributed by atoms with Gasteiger partial charge in [0.15, 0.2) is 0 Å². The Balaban J connectivity index is 1.75. The van der Waals surface area contributed by atoms with Crippen LogP contribution in [0.15, 0.2) is 85.1 Å². The van der Waals surface area contributed by atoms with Gasteiger partial charge in [-0.25, -0.2) is 4.79 Å². The smallest absolute Gasteiger partial charge is 0.405 e. The van der Waals surface area contributed by atoms with Gasteiger partial charge in [-0.3, -0.25) is 9.78 Å². The summed E-state index contributed by atoms with van der Waals surface area (Å²) in [5.74, 6) is 0.306. The summed E-state index contributed by atoms with van der Waals surface area (Å²) in [6.07, 6.45) is 5.76. The van der Waals surface area contributed by atoms with Crippen LogP contribution in [-0.2, 0) is 17.6 Å². The number of nitrogens with one attached hydrogen (secondary N) is 2. The Morgan fingerprint density at radius 3 is 2.32 bits per heavy atom. The van der Waals surface area contributed by atoms with Gasteiger partial charge >= 0.3 is 6.09 Å². The van der Waals surface area contributed by atoms with Crippen molar-refractivity contribution in [3.8, 4) is 5.75 Å². The van der Waals surface area contributed by atoms with E-state index >= 15 is 0 Å². The van der Waals surface area contributed by atoms with E-state index in [1.807, 2.05) is 72.8 Å². The highest BCUT2D eigenvalue weighted by atomic mass is 16.5. The zero-order valence-electron chi connectivity index (χ0n) is 19.1.